The van der Waals surface area contributed by atoms with E-state index in [1.54, 1.807) is 0 Å². The van der Waals surface area contributed by atoms with Gasteiger partial charge in [-0.15, -0.1) is 0 Å². The first-order valence-electron chi connectivity index (χ1n) is 7.69. The Labute approximate surface area is 132 Å². The number of benzene rings is 1. The summed E-state index contributed by atoms with van der Waals surface area (Å²) in [5.41, 5.74) is 2.54. The molecular weight excluding hydrogens is 314 g/mol. The van der Waals surface area contributed by atoms with Crippen LogP contribution in [0.2, 0.25) is 0 Å². The predicted molar refractivity (Wildman–Crippen MR) is 89.9 cm³/mol. The minimum absolute atomic E-state index is 0.696. The number of nitrogens with one attached hydrogen (secondary N) is 1. The van der Waals surface area contributed by atoms with E-state index in [2.05, 4.69) is 60.2 Å². The topological polar surface area (TPSA) is 21.3 Å². The van der Waals surface area contributed by atoms with Crippen molar-refractivity contribution < 1.29 is 4.74 Å². The van der Waals surface area contributed by atoms with Gasteiger partial charge in [0.2, 0.25) is 0 Å². The van der Waals surface area contributed by atoms with Crippen LogP contribution < -0.4 is 5.32 Å². The van der Waals surface area contributed by atoms with Crippen molar-refractivity contribution in [1.82, 2.24) is 5.32 Å². The number of ether oxygens (including phenoxy) is 1. The zero-order valence-corrected chi connectivity index (χ0v) is 14.6. The summed E-state index contributed by atoms with van der Waals surface area (Å²) in [5, 5.41) is 3.42. The van der Waals surface area contributed by atoms with Crippen molar-refractivity contribution in [3.63, 3.8) is 0 Å². The minimum Gasteiger partial charge on any atom is -0.377 e. The number of hydrogen-bond acceptors (Lipinski definition) is 2. The van der Waals surface area contributed by atoms with Gasteiger partial charge in [-0.25, -0.2) is 0 Å². The van der Waals surface area contributed by atoms with Gasteiger partial charge in [0, 0.05) is 17.6 Å². The van der Waals surface area contributed by atoms with Crippen LogP contribution in [0.1, 0.15) is 51.2 Å². The molecule has 0 saturated carbocycles. The Morgan fingerprint density at radius 3 is 2.75 bits per heavy atom. The van der Waals surface area contributed by atoms with Gasteiger partial charge in [0.05, 0.1) is 6.61 Å². The first kappa shape index (κ1) is 17.7. The van der Waals surface area contributed by atoms with Crippen LogP contribution >= 0.6 is 15.9 Å². The van der Waals surface area contributed by atoms with E-state index in [1.807, 2.05) is 0 Å². The van der Waals surface area contributed by atoms with Gasteiger partial charge in [-0.2, -0.15) is 0 Å². The molecule has 1 rings (SSSR count). The molecule has 0 unspecified atom stereocenters. The lowest BCUT2D eigenvalue weighted by Gasteiger charge is -2.10. The molecular formula is C17H28BrNO. The maximum Gasteiger partial charge on any atom is 0.0727 e. The molecule has 0 atom stereocenters. The lowest BCUT2D eigenvalue weighted by Crippen LogP contribution is -2.13. The molecule has 20 heavy (non-hydrogen) atoms. The van der Waals surface area contributed by atoms with Gasteiger partial charge >= 0.3 is 0 Å². The molecule has 0 aliphatic rings. The summed E-state index contributed by atoms with van der Waals surface area (Å²) >= 11 is 3.64. The summed E-state index contributed by atoms with van der Waals surface area (Å²) in [6.07, 6.45) is 3.56. The highest BCUT2D eigenvalue weighted by Crippen LogP contribution is 2.20. The highest BCUT2D eigenvalue weighted by molar-refractivity contribution is 9.10. The van der Waals surface area contributed by atoms with Crippen molar-refractivity contribution >= 4 is 15.9 Å². The molecule has 0 heterocycles. The molecule has 0 aliphatic carbocycles. The highest BCUT2D eigenvalue weighted by Gasteiger charge is 2.02. The van der Waals surface area contributed by atoms with Crippen LogP contribution in [0, 0.1) is 5.92 Å². The quantitative estimate of drug-likeness (QED) is 0.611. The number of halogens is 1. The van der Waals surface area contributed by atoms with E-state index in [-0.39, 0.29) is 0 Å². The van der Waals surface area contributed by atoms with E-state index in [9.17, 15) is 0 Å². The second-order valence-electron chi connectivity index (χ2n) is 5.69. The van der Waals surface area contributed by atoms with Crippen LogP contribution in [-0.2, 0) is 17.9 Å². The Morgan fingerprint density at radius 1 is 1.30 bits per heavy atom. The molecule has 0 spiro atoms. The molecule has 1 aromatic carbocycles. The monoisotopic (exact) mass is 341 g/mol. The third kappa shape index (κ3) is 7.41. The minimum atomic E-state index is 0.696. The van der Waals surface area contributed by atoms with Crippen molar-refractivity contribution in [2.75, 3.05) is 13.2 Å². The molecule has 114 valence electrons. The maximum absolute atomic E-state index is 5.74. The molecule has 0 aromatic heterocycles. The van der Waals surface area contributed by atoms with Gasteiger partial charge in [-0.1, -0.05) is 48.8 Å². The molecule has 0 saturated heterocycles. The number of rotatable bonds is 10. The van der Waals surface area contributed by atoms with Crippen LogP contribution in [0.15, 0.2) is 22.7 Å². The van der Waals surface area contributed by atoms with Crippen LogP contribution in [0.25, 0.3) is 0 Å². The van der Waals surface area contributed by atoms with Crippen LogP contribution in [0.4, 0.5) is 0 Å². The second-order valence-corrected chi connectivity index (χ2v) is 6.55. The molecule has 0 bridgehead atoms. The number of hydrogen-bond donors (Lipinski definition) is 1. The van der Waals surface area contributed by atoms with Crippen LogP contribution in [0.3, 0.4) is 0 Å². The van der Waals surface area contributed by atoms with E-state index in [0.717, 1.165) is 36.5 Å². The maximum atomic E-state index is 5.74. The van der Waals surface area contributed by atoms with Gasteiger partial charge in [0.1, 0.15) is 0 Å². The average Bonchev–Trinajstić information content (AvgIpc) is 2.40. The summed E-state index contributed by atoms with van der Waals surface area (Å²) in [7, 11) is 0. The molecule has 3 heteroatoms. The molecule has 1 N–H and O–H groups in total. The fourth-order valence-corrected chi connectivity index (χ4v) is 2.54. The molecule has 0 aliphatic heterocycles. The fraction of sp³-hybridized carbons (Fsp3) is 0.647. The van der Waals surface area contributed by atoms with Crippen LogP contribution in [-0.4, -0.2) is 13.2 Å². The van der Waals surface area contributed by atoms with Crippen molar-refractivity contribution in [2.45, 2.75) is 53.2 Å². The summed E-state index contributed by atoms with van der Waals surface area (Å²) in [4.78, 5) is 0. The zero-order valence-electron chi connectivity index (χ0n) is 13.0. The lowest BCUT2D eigenvalue weighted by molar-refractivity contribution is 0.114. The molecule has 1 aromatic rings. The van der Waals surface area contributed by atoms with Gasteiger partial charge < -0.3 is 10.1 Å². The highest BCUT2D eigenvalue weighted by atomic mass is 79.9. The Bertz CT molecular complexity index is 379. The van der Waals surface area contributed by atoms with Gasteiger partial charge in [0.25, 0.3) is 0 Å². The molecule has 0 fully saturated rings. The van der Waals surface area contributed by atoms with E-state index in [0.29, 0.717) is 6.61 Å². The van der Waals surface area contributed by atoms with E-state index < -0.39 is 0 Å². The van der Waals surface area contributed by atoms with Gasteiger partial charge in [0.15, 0.2) is 0 Å². The first-order valence-corrected chi connectivity index (χ1v) is 8.48. The fourth-order valence-electron chi connectivity index (χ4n) is 2.00. The molecule has 2 nitrogen and oxygen atoms in total. The lowest BCUT2D eigenvalue weighted by atomic mass is 10.1. The van der Waals surface area contributed by atoms with Crippen molar-refractivity contribution in [3.05, 3.63) is 33.8 Å². The summed E-state index contributed by atoms with van der Waals surface area (Å²) in [6.45, 7) is 10.2. The van der Waals surface area contributed by atoms with E-state index >= 15 is 0 Å². The van der Waals surface area contributed by atoms with Crippen molar-refractivity contribution in [3.8, 4) is 0 Å². The SMILES string of the molecule is CCCNCc1ccc(COCCCC(C)C)c(Br)c1. The summed E-state index contributed by atoms with van der Waals surface area (Å²) < 4.78 is 6.89. The van der Waals surface area contributed by atoms with E-state index in [4.69, 9.17) is 4.74 Å². The summed E-state index contributed by atoms with van der Waals surface area (Å²) in [6, 6.07) is 6.53. The Morgan fingerprint density at radius 2 is 2.10 bits per heavy atom. The van der Waals surface area contributed by atoms with E-state index in [1.165, 1.54) is 24.0 Å². The normalized spacial score (nSPS) is 11.2. The second kappa shape index (κ2) is 10.4. The van der Waals surface area contributed by atoms with Crippen molar-refractivity contribution in [2.24, 2.45) is 5.92 Å². The molecule has 0 amide bonds. The predicted octanol–water partition coefficient (Wildman–Crippen LogP) is 4.90. The third-order valence-electron chi connectivity index (χ3n) is 3.20. The molecule has 0 radical (unpaired) electrons. The largest absolute Gasteiger partial charge is 0.377 e. The van der Waals surface area contributed by atoms with Crippen LogP contribution in [0.5, 0.6) is 0 Å². The smallest absolute Gasteiger partial charge is 0.0727 e. The summed E-state index contributed by atoms with van der Waals surface area (Å²) in [5.74, 6) is 0.764. The third-order valence-corrected chi connectivity index (χ3v) is 3.94. The Kier molecular flexibility index (Phi) is 9.16. The van der Waals surface area contributed by atoms with Gasteiger partial charge in [-0.3, -0.25) is 0 Å². The average molecular weight is 342 g/mol. The zero-order chi connectivity index (χ0) is 14.8. The van der Waals surface area contributed by atoms with Gasteiger partial charge in [-0.05, 0) is 48.9 Å². The standard InChI is InChI=1S/C17H28BrNO/c1-4-9-19-12-15-7-8-16(17(18)11-15)13-20-10-5-6-14(2)3/h7-8,11,14,19H,4-6,9-10,12-13H2,1-3H3. The first-order chi connectivity index (χ1) is 9.63. The Hall–Kier alpha value is -0.380. The van der Waals surface area contributed by atoms with Crippen molar-refractivity contribution in [1.29, 1.82) is 0 Å². The Balaban J connectivity index is 2.32.